The van der Waals surface area contributed by atoms with Crippen LogP contribution in [0.3, 0.4) is 0 Å². The lowest BCUT2D eigenvalue weighted by Gasteiger charge is -2.14. The van der Waals surface area contributed by atoms with Gasteiger partial charge >= 0.3 is 0 Å². The third-order valence-corrected chi connectivity index (χ3v) is 5.00. The highest BCUT2D eigenvalue weighted by Gasteiger charge is 2.17. The van der Waals surface area contributed by atoms with Gasteiger partial charge in [-0.25, -0.2) is 13.8 Å². The number of anilines is 2. The van der Waals surface area contributed by atoms with E-state index in [4.69, 9.17) is 11.5 Å². The molecule has 0 aromatic heterocycles. The van der Waals surface area contributed by atoms with E-state index in [-0.39, 0.29) is 11.4 Å². The fraction of sp³-hybridized carbons (Fsp3) is 0.115. The molecule has 3 aromatic carbocycles. The third-order valence-electron chi connectivity index (χ3n) is 5.00. The predicted octanol–water partition coefficient (Wildman–Crippen LogP) is 6.23. The zero-order chi connectivity index (χ0) is 23.3. The van der Waals surface area contributed by atoms with E-state index in [2.05, 4.69) is 16.9 Å². The number of nitrogen functional groups attached to an aromatic ring is 1. The van der Waals surface area contributed by atoms with Crippen LogP contribution in [-0.2, 0) is 0 Å². The van der Waals surface area contributed by atoms with Crippen LogP contribution in [-0.4, -0.2) is 5.84 Å². The van der Waals surface area contributed by atoms with E-state index in [1.807, 2.05) is 25.1 Å². The molecule has 6 heteroatoms. The van der Waals surface area contributed by atoms with E-state index in [0.29, 0.717) is 33.8 Å². The van der Waals surface area contributed by atoms with E-state index in [0.717, 1.165) is 12.1 Å². The van der Waals surface area contributed by atoms with Crippen LogP contribution >= 0.6 is 0 Å². The molecular formula is C26H26F2N4. The molecule has 0 atom stereocenters. The summed E-state index contributed by atoms with van der Waals surface area (Å²) in [5.74, 6) is -0.526. The predicted molar refractivity (Wildman–Crippen MR) is 130 cm³/mol. The Hall–Kier alpha value is -3.93. The van der Waals surface area contributed by atoms with E-state index in [9.17, 15) is 8.78 Å². The number of hydrogen-bond donors (Lipinski definition) is 3. The van der Waals surface area contributed by atoms with Crippen LogP contribution in [0.5, 0.6) is 0 Å². The van der Waals surface area contributed by atoms with E-state index in [1.54, 1.807) is 37.3 Å². The molecule has 3 rings (SSSR count). The largest absolute Gasteiger partial charge is 0.399 e. The zero-order valence-corrected chi connectivity index (χ0v) is 18.1. The fourth-order valence-corrected chi connectivity index (χ4v) is 3.37. The summed E-state index contributed by atoms with van der Waals surface area (Å²) in [4.78, 5) is 4.53. The lowest BCUT2D eigenvalue weighted by atomic mass is 9.94. The molecule has 0 saturated carbocycles. The molecule has 0 unspecified atom stereocenters. The van der Waals surface area contributed by atoms with Gasteiger partial charge in [-0.3, -0.25) is 0 Å². The Morgan fingerprint density at radius 1 is 1.09 bits per heavy atom. The maximum Gasteiger partial charge on any atom is 0.134 e. The van der Waals surface area contributed by atoms with E-state index < -0.39 is 11.6 Å². The lowest BCUT2D eigenvalue weighted by Crippen LogP contribution is -2.17. The van der Waals surface area contributed by atoms with Gasteiger partial charge in [-0.05, 0) is 72.5 Å². The number of hydrogen-bond acceptors (Lipinski definition) is 3. The molecule has 0 aliphatic carbocycles. The fourth-order valence-electron chi connectivity index (χ4n) is 3.37. The first kappa shape index (κ1) is 22.7. The van der Waals surface area contributed by atoms with Crippen LogP contribution in [0.15, 0.2) is 78.1 Å². The number of amidine groups is 1. The molecule has 32 heavy (non-hydrogen) atoms. The molecule has 0 aliphatic heterocycles. The van der Waals surface area contributed by atoms with Crippen molar-refractivity contribution in [3.8, 4) is 11.1 Å². The van der Waals surface area contributed by atoms with Crippen molar-refractivity contribution in [1.29, 1.82) is 0 Å². The second-order valence-electron chi connectivity index (χ2n) is 7.28. The summed E-state index contributed by atoms with van der Waals surface area (Å²) in [6.45, 7) is 7.32. The van der Waals surface area contributed by atoms with Gasteiger partial charge in [0.2, 0.25) is 0 Å². The second-order valence-corrected chi connectivity index (χ2v) is 7.28. The standard InChI is InChI=1S/C26H26F2N4/c1-4-7-24(31-19-12-10-18(29)11-13-19)32-26(30)21-9-6-8-20(16(21)3)25-22(27)14-17(5-2)15-23(25)28/h5-15,31H,2,4,29H2,1,3H3,(H2,30,32)/b24-7+. The number of rotatable bonds is 7. The zero-order valence-electron chi connectivity index (χ0n) is 18.1. The number of benzene rings is 3. The normalized spacial score (nSPS) is 12.0. The number of allylic oxidation sites excluding steroid dienone is 1. The highest BCUT2D eigenvalue weighted by atomic mass is 19.1. The summed E-state index contributed by atoms with van der Waals surface area (Å²) in [6, 6.07) is 14.9. The molecule has 0 heterocycles. The molecule has 3 aromatic rings. The molecule has 4 nitrogen and oxygen atoms in total. The molecular weight excluding hydrogens is 406 g/mol. The minimum absolute atomic E-state index is 0.105. The summed E-state index contributed by atoms with van der Waals surface area (Å²) in [6.07, 6.45) is 4.04. The van der Waals surface area contributed by atoms with Gasteiger partial charge < -0.3 is 16.8 Å². The maximum absolute atomic E-state index is 14.7. The van der Waals surface area contributed by atoms with Gasteiger partial charge in [0.1, 0.15) is 23.3 Å². The Morgan fingerprint density at radius 3 is 2.34 bits per heavy atom. The van der Waals surface area contributed by atoms with Crippen molar-refractivity contribution in [2.24, 2.45) is 10.7 Å². The first-order chi connectivity index (χ1) is 15.3. The summed E-state index contributed by atoms with van der Waals surface area (Å²) in [5, 5.41) is 3.21. The summed E-state index contributed by atoms with van der Waals surface area (Å²) in [7, 11) is 0. The van der Waals surface area contributed by atoms with Crippen LogP contribution in [0, 0.1) is 18.6 Å². The number of halogens is 2. The lowest BCUT2D eigenvalue weighted by molar-refractivity contribution is 0.589. The Balaban J connectivity index is 2.00. The molecule has 0 aliphatic rings. The van der Waals surface area contributed by atoms with Crippen molar-refractivity contribution in [3.05, 3.63) is 101 Å². The van der Waals surface area contributed by atoms with Crippen molar-refractivity contribution in [1.82, 2.24) is 0 Å². The van der Waals surface area contributed by atoms with Crippen LogP contribution in [0.2, 0.25) is 0 Å². The van der Waals surface area contributed by atoms with Gasteiger partial charge in [0.25, 0.3) is 0 Å². The van der Waals surface area contributed by atoms with Crippen LogP contribution < -0.4 is 16.8 Å². The smallest absolute Gasteiger partial charge is 0.134 e. The SMILES string of the molecule is C=Cc1cc(F)c(-c2cccc(/C(N)=N\C(=C\CC)Nc3ccc(N)cc3)c2C)c(F)c1. The molecule has 164 valence electrons. The van der Waals surface area contributed by atoms with Gasteiger partial charge in [0.05, 0.1) is 5.56 Å². The molecule has 0 saturated heterocycles. The molecule has 0 fully saturated rings. The molecule has 0 radical (unpaired) electrons. The van der Waals surface area contributed by atoms with Gasteiger partial charge in [-0.2, -0.15) is 0 Å². The Bertz CT molecular complexity index is 1170. The summed E-state index contributed by atoms with van der Waals surface area (Å²) >= 11 is 0. The number of nitrogens with zero attached hydrogens (tertiary/aromatic N) is 1. The molecule has 5 N–H and O–H groups in total. The number of nitrogens with one attached hydrogen (secondary N) is 1. The average Bonchev–Trinajstić information content (AvgIpc) is 2.76. The third kappa shape index (κ3) is 5.03. The maximum atomic E-state index is 14.7. The number of nitrogens with two attached hydrogens (primary N) is 2. The highest BCUT2D eigenvalue weighted by molar-refractivity contribution is 6.01. The molecule has 0 bridgehead atoms. The van der Waals surface area contributed by atoms with Crippen molar-refractivity contribution in [2.75, 3.05) is 11.1 Å². The Labute approximate surface area is 187 Å². The summed E-state index contributed by atoms with van der Waals surface area (Å²) < 4.78 is 29.4. The Kier molecular flexibility index (Phi) is 7.05. The van der Waals surface area contributed by atoms with Crippen molar-refractivity contribution >= 4 is 23.3 Å². The van der Waals surface area contributed by atoms with E-state index >= 15 is 0 Å². The van der Waals surface area contributed by atoms with Crippen LogP contribution in [0.25, 0.3) is 17.2 Å². The molecule has 0 amide bonds. The minimum atomic E-state index is -0.660. The van der Waals surface area contributed by atoms with Gasteiger partial charge in [-0.1, -0.05) is 37.8 Å². The highest BCUT2D eigenvalue weighted by Crippen LogP contribution is 2.31. The first-order valence-corrected chi connectivity index (χ1v) is 10.2. The van der Waals surface area contributed by atoms with Gasteiger partial charge in [-0.15, -0.1) is 0 Å². The van der Waals surface area contributed by atoms with Gasteiger partial charge in [0, 0.05) is 16.9 Å². The topological polar surface area (TPSA) is 76.4 Å². The Morgan fingerprint density at radius 2 is 1.75 bits per heavy atom. The first-order valence-electron chi connectivity index (χ1n) is 10.2. The van der Waals surface area contributed by atoms with Gasteiger partial charge in [0.15, 0.2) is 0 Å². The molecule has 0 spiro atoms. The van der Waals surface area contributed by atoms with Crippen molar-refractivity contribution < 1.29 is 8.78 Å². The number of aliphatic imine (C=N–C) groups is 1. The van der Waals surface area contributed by atoms with Crippen molar-refractivity contribution in [3.63, 3.8) is 0 Å². The average molecular weight is 433 g/mol. The van der Waals surface area contributed by atoms with Crippen LogP contribution in [0.4, 0.5) is 20.2 Å². The monoisotopic (exact) mass is 432 g/mol. The van der Waals surface area contributed by atoms with E-state index in [1.165, 1.54) is 18.2 Å². The quantitative estimate of drug-likeness (QED) is 0.235. The minimum Gasteiger partial charge on any atom is -0.399 e. The second kappa shape index (κ2) is 9.92. The summed E-state index contributed by atoms with van der Waals surface area (Å²) in [5.41, 5.74) is 15.4. The van der Waals surface area contributed by atoms with Crippen molar-refractivity contribution in [2.45, 2.75) is 20.3 Å². The van der Waals surface area contributed by atoms with Crippen LogP contribution in [0.1, 0.15) is 30.0 Å².